The fraction of sp³-hybridized carbons (Fsp3) is 0. The molecular formula is C14H9BrF2N2O. The minimum absolute atomic E-state index is 0.222. The molecule has 3 nitrogen and oxygen atoms in total. The average Bonchev–Trinajstić information content (AvgIpc) is 2.41. The van der Waals surface area contributed by atoms with E-state index in [0.29, 0.717) is 10.0 Å². The summed E-state index contributed by atoms with van der Waals surface area (Å²) in [4.78, 5) is 15.4. The van der Waals surface area contributed by atoms with Gasteiger partial charge in [-0.15, -0.1) is 0 Å². The summed E-state index contributed by atoms with van der Waals surface area (Å²) in [6.07, 6.45) is 3.82. The monoisotopic (exact) mass is 338 g/mol. The Labute approximate surface area is 122 Å². The second-order valence-corrected chi connectivity index (χ2v) is 4.71. The van der Waals surface area contributed by atoms with Crippen LogP contribution in [0.2, 0.25) is 0 Å². The highest BCUT2D eigenvalue weighted by atomic mass is 79.9. The Morgan fingerprint density at radius 1 is 1.20 bits per heavy atom. The fourth-order valence-electron chi connectivity index (χ4n) is 1.41. The molecule has 1 aromatic carbocycles. The van der Waals surface area contributed by atoms with Gasteiger partial charge in [0, 0.05) is 6.08 Å². The van der Waals surface area contributed by atoms with Gasteiger partial charge < -0.3 is 5.32 Å². The van der Waals surface area contributed by atoms with Crippen LogP contribution >= 0.6 is 15.9 Å². The lowest BCUT2D eigenvalue weighted by molar-refractivity contribution is -0.111. The van der Waals surface area contributed by atoms with Crippen molar-refractivity contribution >= 4 is 33.7 Å². The Morgan fingerprint density at radius 2 is 1.90 bits per heavy atom. The summed E-state index contributed by atoms with van der Waals surface area (Å²) in [7, 11) is 0. The SMILES string of the molecule is O=C(/C=C/c1ccc(F)cc1)Nc1ncc(F)cc1Br. The van der Waals surface area contributed by atoms with E-state index in [9.17, 15) is 13.6 Å². The molecule has 6 heteroatoms. The Balaban J connectivity index is 2.03. The Kier molecular flexibility index (Phi) is 4.57. The maximum absolute atomic E-state index is 12.8. The normalized spacial score (nSPS) is 10.8. The number of hydrogen-bond acceptors (Lipinski definition) is 2. The topological polar surface area (TPSA) is 42.0 Å². The lowest BCUT2D eigenvalue weighted by Gasteiger charge is -2.03. The van der Waals surface area contributed by atoms with Crippen LogP contribution in [-0.2, 0) is 4.79 Å². The van der Waals surface area contributed by atoms with Gasteiger partial charge in [-0.3, -0.25) is 4.79 Å². The summed E-state index contributed by atoms with van der Waals surface area (Å²) in [5.74, 6) is -1.04. The molecule has 0 fully saturated rings. The first-order valence-corrected chi connectivity index (χ1v) is 6.39. The van der Waals surface area contributed by atoms with E-state index in [1.54, 1.807) is 12.1 Å². The molecular weight excluding hydrogens is 330 g/mol. The summed E-state index contributed by atoms with van der Waals surface area (Å²) < 4.78 is 25.9. The number of amides is 1. The van der Waals surface area contributed by atoms with Crippen molar-refractivity contribution in [3.05, 3.63) is 64.3 Å². The first-order chi connectivity index (χ1) is 9.54. The predicted molar refractivity (Wildman–Crippen MR) is 76.0 cm³/mol. The molecule has 0 bridgehead atoms. The standard InChI is InChI=1S/C14H9BrF2N2O/c15-12-7-11(17)8-18-14(12)19-13(20)6-3-9-1-4-10(16)5-2-9/h1-8H,(H,18,19,20)/b6-3+. The maximum Gasteiger partial charge on any atom is 0.249 e. The van der Waals surface area contributed by atoms with Crippen molar-refractivity contribution in [1.82, 2.24) is 4.98 Å². The molecule has 0 unspecified atom stereocenters. The lowest BCUT2D eigenvalue weighted by atomic mass is 10.2. The summed E-state index contributed by atoms with van der Waals surface area (Å²) in [6, 6.07) is 6.90. The van der Waals surface area contributed by atoms with E-state index in [-0.39, 0.29) is 11.6 Å². The van der Waals surface area contributed by atoms with E-state index < -0.39 is 11.7 Å². The minimum Gasteiger partial charge on any atom is -0.306 e. The first-order valence-electron chi connectivity index (χ1n) is 5.60. The van der Waals surface area contributed by atoms with Gasteiger partial charge in [0.2, 0.25) is 5.91 Å². The highest BCUT2D eigenvalue weighted by Gasteiger charge is 2.05. The van der Waals surface area contributed by atoms with Crippen LogP contribution in [0.15, 0.2) is 47.1 Å². The molecule has 2 rings (SSSR count). The molecule has 0 aliphatic carbocycles. The number of carbonyl (C=O) groups is 1. The van der Waals surface area contributed by atoms with Crippen LogP contribution in [0.5, 0.6) is 0 Å². The highest BCUT2D eigenvalue weighted by molar-refractivity contribution is 9.10. The van der Waals surface area contributed by atoms with Gasteiger partial charge in [-0.25, -0.2) is 13.8 Å². The van der Waals surface area contributed by atoms with Crippen LogP contribution in [0, 0.1) is 11.6 Å². The fourth-order valence-corrected chi connectivity index (χ4v) is 1.83. The molecule has 1 N–H and O–H groups in total. The van der Waals surface area contributed by atoms with Crippen molar-refractivity contribution in [2.45, 2.75) is 0 Å². The lowest BCUT2D eigenvalue weighted by Crippen LogP contribution is -2.09. The summed E-state index contributed by atoms with van der Waals surface area (Å²) in [5, 5.41) is 2.49. The highest BCUT2D eigenvalue weighted by Crippen LogP contribution is 2.20. The molecule has 102 valence electrons. The third-order valence-electron chi connectivity index (χ3n) is 2.35. The number of rotatable bonds is 3. The second kappa shape index (κ2) is 6.38. The number of nitrogens with zero attached hydrogens (tertiary/aromatic N) is 1. The van der Waals surface area contributed by atoms with E-state index in [1.807, 2.05) is 0 Å². The third-order valence-corrected chi connectivity index (χ3v) is 2.95. The van der Waals surface area contributed by atoms with Gasteiger partial charge in [0.05, 0.1) is 10.7 Å². The van der Waals surface area contributed by atoms with Gasteiger partial charge in [0.1, 0.15) is 17.5 Å². The zero-order valence-corrected chi connectivity index (χ0v) is 11.7. The van der Waals surface area contributed by atoms with E-state index >= 15 is 0 Å². The molecule has 1 heterocycles. The van der Waals surface area contributed by atoms with Gasteiger partial charge in [-0.1, -0.05) is 12.1 Å². The predicted octanol–water partition coefficient (Wildman–Crippen LogP) is 3.77. The number of hydrogen-bond donors (Lipinski definition) is 1. The van der Waals surface area contributed by atoms with E-state index in [4.69, 9.17) is 0 Å². The molecule has 1 aromatic heterocycles. The number of benzene rings is 1. The smallest absolute Gasteiger partial charge is 0.249 e. The van der Waals surface area contributed by atoms with Crippen molar-refractivity contribution < 1.29 is 13.6 Å². The largest absolute Gasteiger partial charge is 0.306 e. The summed E-state index contributed by atoms with van der Waals surface area (Å²) in [5.41, 5.74) is 0.688. The van der Waals surface area contributed by atoms with Gasteiger partial charge in [-0.05, 0) is 45.8 Å². The van der Waals surface area contributed by atoms with Crippen molar-refractivity contribution in [2.75, 3.05) is 5.32 Å². The Morgan fingerprint density at radius 3 is 2.55 bits per heavy atom. The number of anilines is 1. The molecule has 0 saturated heterocycles. The van der Waals surface area contributed by atoms with Crippen molar-refractivity contribution in [3.63, 3.8) is 0 Å². The molecule has 20 heavy (non-hydrogen) atoms. The zero-order chi connectivity index (χ0) is 14.5. The number of halogens is 3. The van der Waals surface area contributed by atoms with Crippen LogP contribution in [0.3, 0.4) is 0 Å². The van der Waals surface area contributed by atoms with E-state index in [2.05, 4.69) is 26.2 Å². The number of carbonyl (C=O) groups excluding carboxylic acids is 1. The van der Waals surface area contributed by atoms with Crippen molar-refractivity contribution in [1.29, 1.82) is 0 Å². The van der Waals surface area contributed by atoms with Gasteiger partial charge in [-0.2, -0.15) is 0 Å². The minimum atomic E-state index is -0.503. The maximum atomic E-state index is 12.8. The van der Waals surface area contributed by atoms with Crippen LogP contribution in [0.1, 0.15) is 5.56 Å². The Bertz CT molecular complexity index is 657. The van der Waals surface area contributed by atoms with E-state index in [0.717, 1.165) is 6.20 Å². The number of aromatic nitrogens is 1. The van der Waals surface area contributed by atoms with Crippen LogP contribution in [-0.4, -0.2) is 10.9 Å². The summed E-state index contributed by atoms with van der Waals surface area (Å²) in [6.45, 7) is 0. The first kappa shape index (κ1) is 14.3. The second-order valence-electron chi connectivity index (χ2n) is 3.86. The van der Waals surface area contributed by atoms with Gasteiger partial charge in [0.15, 0.2) is 0 Å². The van der Waals surface area contributed by atoms with Gasteiger partial charge >= 0.3 is 0 Å². The van der Waals surface area contributed by atoms with Crippen LogP contribution in [0.4, 0.5) is 14.6 Å². The third kappa shape index (κ3) is 3.96. The van der Waals surface area contributed by atoms with Gasteiger partial charge in [0.25, 0.3) is 0 Å². The van der Waals surface area contributed by atoms with Crippen LogP contribution in [0.25, 0.3) is 6.08 Å². The molecule has 0 atom stereocenters. The quantitative estimate of drug-likeness (QED) is 0.865. The molecule has 0 spiro atoms. The molecule has 2 aromatic rings. The number of nitrogens with one attached hydrogen (secondary N) is 1. The van der Waals surface area contributed by atoms with Crippen molar-refractivity contribution in [2.24, 2.45) is 0 Å². The molecule has 0 aliphatic rings. The molecule has 0 saturated carbocycles. The number of pyridine rings is 1. The average molecular weight is 339 g/mol. The molecule has 0 radical (unpaired) electrons. The van der Waals surface area contributed by atoms with Crippen molar-refractivity contribution in [3.8, 4) is 0 Å². The van der Waals surface area contributed by atoms with E-state index in [1.165, 1.54) is 30.4 Å². The molecule has 0 aliphatic heterocycles. The zero-order valence-electron chi connectivity index (χ0n) is 10.1. The molecule has 1 amide bonds. The summed E-state index contributed by atoms with van der Waals surface area (Å²) >= 11 is 3.10. The Hall–Kier alpha value is -2.08. The van der Waals surface area contributed by atoms with Crippen LogP contribution < -0.4 is 5.32 Å².